The number of nitrogens with zero attached hydrogens (tertiary/aromatic N) is 2. The maximum absolute atomic E-state index is 5.68. The van der Waals surface area contributed by atoms with E-state index in [1.165, 1.54) is 11.3 Å². The molecule has 0 aliphatic carbocycles. The number of rotatable bonds is 4. The maximum atomic E-state index is 5.68. The normalized spacial score (nSPS) is 11.6. The molecule has 3 heteroatoms. The van der Waals surface area contributed by atoms with Gasteiger partial charge in [0.1, 0.15) is 0 Å². The highest BCUT2D eigenvalue weighted by atomic mass is 15.3. The SMILES string of the molecule is CC(C)Cn1ncc(CN)c1C(C)C. The Balaban J connectivity index is 2.98. The van der Waals surface area contributed by atoms with E-state index in [2.05, 4.69) is 37.5 Å². The summed E-state index contributed by atoms with van der Waals surface area (Å²) < 4.78 is 2.09. The molecule has 0 radical (unpaired) electrons. The average Bonchev–Trinajstić information content (AvgIpc) is 2.46. The van der Waals surface area contributed by atoms with E-state index in [1.807, 2.05) is 6.20 Å². The van der Waals surface area contributed by atoms with Gasteiger partial charge in [0.15, 0.2) is 0 Å². The second-order valence-electron chi connectivity index (χ2n) is 4.49. The van der Waals surface area contributed by atoms with Gasteiger partial charge in [-0.25, -0.2) is 0 Å². The van der Waals surface area contributed by atoms with E-state index >= 15 is 0 Å². The van der Waals surface area contributed by atoms with Crippen LogP contribution in [0.5, 0.6) is 0 Å². The number of hydrogen-bond donors (Lipinski definition) is 1. The minimum absolute atomic E-state index is 0.495. The van der Waals surface area contributed by atoms with Crippen molar-refractivity contribution < 1.29 is 0 Å². The molecule has 0 aliphatic heterocycles. The largest absolute Gasteiger partial charge is 0.326 e. The monoisotopic (exact) mass is 195 g/mol. The summed E-state index contributed by atoms with van der Waals surface area (Å²) in [6, 6.07) is 0. The molecule has 0 aliphatic rings. The summed E-state index contributed by atoms with van der Waals surface area (Å²) in [5.41, 5.74) is 8.15. The molecule has 14 heavy (non-hydrogen) atoms. The van der Waals surface area contributed by atoms with Crippen LogP contribution in [0.2, 0.25) is 0 Å². The van der Waals surface area contributed by atoms with Crippen LogP contribution < -0.4 is 5.73 Å². The Hall–Kier alpha value is -0.830. The van der Waals surface area contributed by atoms with Gasteiger partial charge in [0.2, 0.25) is 0 Å². The molecule has 0 bridgehead atoms. The van der Waals surface area contributed by atoms with Crippen LogP contribution in [0.15, 0.2) is 6.20 Å². The molecule has 2 N–H and O–H groups in total. The molecule has 0 amide bonds. The molecule has 0 spiro atoms. The van der Waals surface area contributed by atoms with E-state index in [4.69, 9.17) is 5.73 Å². The molecular formula is C11H21N3. The summed E-state index contributed by atoms with van der Waals surface area (Å²) in [5, 5.41) is 4.39. The third-order valence-corrected chi connectivity index (χ3v) is 2.26. The van der Waals surface area contributed by atoms with E-state index in [-0.39, 0.29) is 0 Å². The lowest BCUT2D eigenvalue weighted by Crippen LogP contribution is -2.12. The van der Waals surface area contributed by atoms with Crippen molar-refractivity contribution in [2.24, 2.45) is 11.7 Å². The first-order valence-electron chi connectivity index (χ1n) is 5.30. The fraction of sp³-hybridized carbons (Fsp3) is 0.727. The van der Waals surface area contributed by atoms with Crippen molar-refractivity contribution >= 4 is 0 Å². The molecule has 80 valence electrons. The van der Waals surface area contributed by atoms with Gasteiger partial charge in [0.25, 0.3) is 0 Å². The minimum Gasteiger partial charge on any atom is -0.326 e. The molecule has 0 saturated heterocycles. The molecular weight excluding hydrogens is 174 g/mol. The van der Waals surface area contributed by atoms with Crippen LogP contribution in [0.1, 0.15) is 44.9 Å². The van der Waals surface area contributed by atoms with Crippen LogP contribution in [0.4, 0.5) is 0 Å². The van der Waals surface area contributed by atoms with E-state index < -0.39 is 0 Å². The molecule has 1 rings (SSSR count). The maximum Gasteiger partial charge on any atom is 0.0537 e. The molecule has 1 aromatic rings. The number of hydrogen-bond acceptors (Lipinski definition) is 2. The molecule has 0 saturated carbocycles. The number of nitrogens with two attached hydrogens (primary N) is 1. The predicted molar refractivity (Wildman–Crippen MR) is 59.0 cm³/mol. The molecule has 0 aromatic carbocycles. The van der Waals surface area contributed by atoms with Crippen molar-refractivity contribution in [3.63, 3.8) is 0 Å². The Morgan fingerprint density at radius 1 is 1.36 bits per heavy atom. The first-order chi connectivity index (χ1) is 6.56. The van der Waals surface area contributed by atoms with Gasteiger partial charge in [0.05, 0.1) is 6.20 Å². The predicted octanol–water partition coefficient (Wildman–Crippen LogP) is 2.12. The molecule has 0 atom stereocenters. The molecule has 3 nitrogen and oxygen atoms in total. The van der Waals surface area contributed by atoms with Crippen LogP contribution in [0.25, 0.3) is 0 Å². The van der Waals surface area contributed by atoms with Gasteiger partial charge >= 0.3 is 0 Å². The van der Waals surface area contributed by atoms with Gasteiger partial charge < -0.3 is 5.73 Å². The van der Waals surface area contributed by atoms with E-state index in [9.17, 15) is 0 Å². The molecule has 1 aromatic heterocycles. The van der Waals surface area contributed by atoms with Gasteiger partial charge in [-0.15, -0.1) is 0 Å². The third kappa shape index (κ3) is 2.35. The standard InChI is InChI=1S/C11H21N3/c1-8(2)7-14-11(9(3)4)10(5-12)6-13-14/h6,8-9H,5,7,12H2,1-4H3. The summed E-state index contributed by atoms with van der Waals surface area (Å²) in [5.74, 6) is 1.12. The van der Waals surface area contributed by atoms with E-state index in [0.717, 1.165) is 6.54 Å². The van der Waals surface area contributed by atoms with Crippen molar-refractivity contribution in [1.29, 1.82) is 0 Å². The minimum atomic E-state index is 0.495. The van der Waals surface area contributed by atoms with E-state index in [1.54, 1.807) is 0 Å². The molecule has 0 fully saturated rings. The molecule has 1 heterocycles. The fourth-order valence-electron chi connectivity index (χ4n) is 1.75. The van der Waals surface area contributed by atoms with Crippen molar-refractivity contribution in [2.75, 3.05) is 0 Å². The lowest BCUT2D eigenvalue weighted by atomic mass is 10.1. The van der Waals surface area contributed by atoms with Crippen molar-refractivity contribution in [2.45, 2.75) is 46.7 Å². The highest BCUT2D eigenvalue weighted by Gasteiger charge is 2.13. The topological polar surface area (TPSA) is 43.8 Å². The first kappa shape index (κ1) is 11.2. The highest BCUT2D eigenvalue weighted by molar-refractivity contribution is 5.20. The summed E-state index contributed by atoms with van der Waals surface area (Å²) in [6.07, 6.45) is 1.90. The first-order valence-corrected chi connectivity index (χ1v) is 5.30. The van der Waals surface area contributed by atoms with Crippen LogP contribution in [0, 0.1) is 5.92 Å². The lowest BCUT2D eigenvalue weighted by molar-refractivity contribution is 0.461. The highest BCUT2D eigenvalue weighted by Crippen LogP contribution is 2.19. The zero-order chi connectivity index (χ0) is 10.7. The van der Waals surface area contributed by atoms with Gasteiger partial charge in [0, 0.05) is 24.3 Å². The van der Waals surface area contributed by atoms with Crippen LogP contribution in [-0.2, 0) is 13.1 Å². The summed E-state index contributed by atoms with van der Waals surface area (Å²) in [4.78, 5) is 0. The Labute approximate surface area is 86.3 Å². The Bertz CT molecular complexity index is 287. The second-order valence-corrected chi connectivity index (χ2v) is 4.49. The number of aromatic nitrogens is 2. The quantitative estimate of drug-likeness (QED) is 0.799. The lowest BCUT2D eigenvalue weighted by Gasteiger charge is -2.13. The van der Waals surface area contributed by atoms with E-state index in [0.29, 0.717) is 18.4 Å². The van der Waals surface area contributed by atoms with Crippen molar-refractivity contribution in [3.05, 3.63) is 17.5 Å². The van der Waals surface area contributed by atoms with Crippen molar-refractivity contribution in [1.82, 2.24) is 9.78 Å². The Morgan fingerprint density at radius 3 is 2.43 bits per heavy atom. The van der Waals surface area contributed by atoms with Gasteiger partial charge in [-0.05, 0) is 11.8 Å². The fourth-order valence-corrected chi connectivity index (χ4v) is 1.75. The van der Waals surface area contributed by atoms with Crippen molar-refractivity contribution in [3.8, 4) is 0 Å². The zero-order valence-electron chi connectivity index (χ0n) is 9.62. The zero-order valence-corrected chi connectivity index (χ0v) is 9.62. The summed E-state index contributed by atoms with van der Waals surface area (Å²) in [6.45, 7) is 10.3. The van der Waals surface area contributed by atoms with Crippen LogP contribution >= 0.6 is 0 Å². The Morgan fingerprint density at radius 2 is 2.00 bits per heavy atom. The van der Waals surface area contributed by atoms with Crippen LogP contribution in [0.3, 0.4) is 0 Å². The van der Waals surface area contributed by atoms with Gasteiger partial charge in [-0.1, -0.05) is 27.7 Å². The summed E-state index contributed by atoms with van der Waals surface area (Å²) in [7, 11) is 0. The smallest absolute Gasteiger partial charge is 0.0537 e. The third-order valence-electron chi connectivity index (χ3n) is 2.26. The van der Waals surface area contributed by atoms with Gasteiger partial charge in [-0.3, -0.25) is 4.68 Å². The van der Waals surface area contributed by atoms with Crippen LogP contribution in [-0.4, -0.2) is 9.78 Å². The molecule has 0 unspecified atom stereocenters. The second kappa shape index (κ2) is 4.60. The van der Waals surface area contributed by atoms with Gasteiger partial charge in [-0.2, -0.15) is 5.10 Å². The summed E-state index contributed by atoms with van der Waals surface area (Å²) >= 11 is 0. The average molecular weight is 195 g/mol. The Kier molecular flexibility index (Phi) is 3.69.